The number of ether oxygens (including phenoxy) is 1. The van der Waals surface area contributed by atoms with Crippen molar-refractivity contribution in [3.8, 4) is 0 Å². The Bertz CT molecular complexity index is 582. The predicted octanol–water partition coefficient (Wildman–Crippen LogP) is 1.86. The smallest absolute Gasteiger partial charge is 0.309 e. The quantitative estimate of drug-likeness (QED) is 0.325. The molecule has 2 rings (SSSR count). The standard InChI is InChI=1S/C16H21N3O5/c20-15(11-24-16(21)12-3-1-2-4-12)18-10-9-17-13-5-7-14(8-6-13)19(22)23/h5-8,12,17H,1-4,9-11H2,(H,18,20). The Hall–Kier alpha value is -2.64. The number of rotatable bonds is 8. The number of nitro benzene ring substituents is 1. The summed E-state index contributed by atoms with van der Waals surface area (Å²) >= 11 is 0. The zero-order valence-electron chi connectivity index (χ0n) is 13.3. The molecule has 8 nitrogen and oxygen atoms in total. The molecule has 0 aliphatic heterocycles. The Morgan fingerprint density at radius 2 is 1.83 bits per heavy atom. The van der Waals surface area contributed by atoms with Gasteiger partial charge in [-0.2, -0.15) is 0 Å². The maximum absolute atomic E-state index is 11.7. The summed E-state index contributed by atoms with van der Waals surface area (Å²) in [4.78, 5) is 33.4. The number of amides is 1. The van der Waals surface area contributed by atoms with E-state index in [1.807, 2.05) is 0 Å². The SMILES string of the molecule is O=C(COC(=O)C1CCCC1)NCCNc1ccc([N+](=O)[O-])cc1. The number of non-ortho nitro benzene ring substituents is 1. The molecule has 1 aliphatic carbocycles. The van der Waals surface area contributed by atoms with Crippen LogP contribution in [0.1, 0.15) is 25.7 Å². The molecule has 0 bridgehead atoms. The number of benzene rings is 1. The average molecular weight is 335 g/mol. The Kier molecular flexibility index (Phi) is 6.53. The second-order valence-corrected chi connectivity index (χ2v) is 5.67. The topological polar surface area (TPSA) is 111 Å². The van der Waals surface area contributed by atoms with Crippen LogP contribution in [0.5, 0.6) is 0 Å². The molecule has 0 heterocycles. The van der Waals surface area contributed by atoms with Crippen LogP contribution < -0.4 is 10.6 Å². The zero-order valence-corrected chi connectivity index (χ0v) is 13.3. The van der Waals surface area contributed by atoms with Crippen molar-refractivity contribution in [1.82, 2.24) is 5.32 Å². The Balaban J connectivity index is 1.58. The van der Waals surface area contributed by atoms with Crippen LogP contribution in [0.4, 0.5) is 11.4 Å². The van der Waals surface area contributed by atoms with E-state index in [9.17, 15) is 19.7 Å². The molecule has 24 heavy (non-hydrogen) atoms. The fourth-order valence-corrected chi connectivity index (χ4v) is 2.58. The summed E-state index contributed by atoms with van der Waals surface area (Å²) in [5.74, 6) is -0.680. The lowest BCUT2D eigenvalue weighted by Gasteiger charge is -2.10. The van der Waals surface area contributed by atoms with E-state index in [0.717, 1.165) is 31.4 Å². The van der Waals surface area contributed by atoms with Gasteiger partial charge in [-0.25, -0.2) is 0 Å². The summed E-state index contributed by atoms with van der Waals surface area (Å²) in [6, 6.07) is 6.01. The highest BCUT2D eigenvalue weighted by molar-refractivity contribution is 5.81. The molecule has 1 amide bonds. The van der Waals surface area contributed by atoms with Crippen LogP contribution in [0.3, 0.4) is 0 Å². The molecule has 0 radical (unpaired) electrons. The van der Waals surface area contributed by atoms with Crippen LogP contribution in [0.15, 0.2) is 24.3 Å². The zero-order chi connectivity index (χ0) is 17.4. The molecule has 1 saturated carbocycles. The molecule has 0 saturated heterocycles. The number of anilines is 1. The van der Waals surface area contributed by atoms with Gasteiger partial charge in [0, 0.05) is 30.9 Å². The number of hydrogen-bond donors (Lipinski definition) is 2. The van der Waals surface area contributed by atoms with Gasteiger partial charge in [0.15, 0.2) is 6.61 Å². The second-order valence-electron chi connectivity index (χ2n) is 5.67. The summed E-state index contributed by atoms with van der Waals surface area (Å²) in [6.45, 7) is 0.559. The van der Waals surface area contributed by atoms with E-state index in [4.69, 9.17) is 4.74 Å². The molecule has 1 aliphatic rings. The van der Waals surface area contributed by atoms with Crippen LogP contribution in [0.25, 0.3) is 0 Å². The van der Waals surface area contributed by atoms with Crippen molar-refractivity contribution in [3.63, 3.8) is 0 Å². The summed E-state index contributed by atoms with van der Waals surface area (Å²) in [5, 5.41) is 16.2. The van der Waals surface area contributed by atoms with Crippen molar-refractivity contribution >= 4 is 23.3 Å². The Morgan fingerprint density at radius 3 is 2.46 bits per heavy atom. The maximum Gasteiger partial charge on any atom is 0.309 e. The monoisotopic (exact) mass is 335 g/mol. The highest BCUT2D eigenvalue weighted by Crippen LogP contribution is 2.25. The van der Waals surface area contributed by atoms with Gasteiger partial charge in [0.25, 0.3) is 11.6 Å². The largest absolute Gasteiger partial charge is 0.455 e. The summed E-state index contributed by atoms with van der Waals surface area (Å²) in [5.41, 5.74) is 0.750. The van der Waals surface area contributed by atoms with E-state index in [-0.39, 0.29) is 30.1 Å². The number of hydrogen-bond acceptors (Lipinski definition) is 6. The van der Waals surface area contributed by atoms with E-state index in [2.05, 4.69) is 10.6 Å². The number of carbonyl (C=O) groups excluding carboxylic acids is 2. The van der Waals surface area contributed by atoms with Crippen LogP contribution >= 0.6 is 0 Å². The summed E-state index contributed by atoms with van der Waals surface area (Å²) in [7, 11) is 0. The number of nitrogens with one attached hydrogen (secondary N) is 2. The van der Waals surface area contributed by atoms with E-state index in [1.165, 1.54) is 12.1 Å². The molecular weight excluding hydrogens is 314 g/mol. The van der Waals surface area contributed by atoms with Crippen molar-refractivity contribution in [2.24, 2.45) is 5.92 Å². The van der Waals surface area contributed by atoms with E-state index in [1.54, 1.807) is 12.1 Å². The number of nitro groups is 1. The van der Waals surface area contributed by atoms with E-state index < -0.39 is 4.92 Å². The molecule has 1 fully saturated rings. The number of nitrogens with zero attached hydrogens (tertiary/aromatic N) is 1. The first-order valence-electron chi connectivity index (χ1n) is 7.98. The number of carbonyl (C=O) groups is 2. The van der Waals surface area contributed by atoms with Crippen LogP contribution in [0.2, 0.25) is 0 Å². The fraction of sp³-hybridized carbons (Fsp3) is 0.500. The lowest BCUT2D eigenvalue weighted by molar-refractivity contribution is -0.384. The minimum Gasteiger partial charge on any atom is -0.455 e. The van der Waals surface area contributed by atoms with Gasteiger partial charge in [-0.1, -0.05) is 12.8 Å². The van der Waals surface area contributed by atoms with Gasteiger partial charge in [-0.15, -0.1) is 0 Å². The van der Waals surface area contributed by atoms with Gasteiger partial charge < -0.3 is 15.4 Å². The lowest BCUT2D eigenvalue weighted by atomic mass is 10.1. The average Bonchev–Trinajstić information content (AvgIpc) is 3.11. The van der Waals surface area contributed by atoms with Gasteiger partial charge in [0.05, 0.1) is 10.8 Å². The van der Waals surface area contributed by atoms with Crippen LogP contribution in [-0.2, 0) is 14.3 Å². The third kappa shape index (κ3) is 5.53. The van der Waals surface area contributed by atoms with Crippen LogP contribution in [-0.4, -0.2) is 36.5 Å². The lowest BCUT2D eigenvalue weighted by Crippen LogP contribution is -2.33. The van der Waals surface area contributed by atoms with Crippen LogP contribution in [0, 0.1) is 16.0 Å². The fourth-order valence-electron chi connectivity index (χ4n) is 2.58. The minimum absolute atomic E-state index is 0.0259. The molecule has 0 atom stereocenters. The highest BCUT2D eigenvalue weighted by atomic mass is 16.6. The van der Waals surface area contributed by atoms with Crippen molar-refractivity contribution in [3.05, 3.63) is 34.4 Å². The molecule has 1 aromatic rings. The molecule has 8 heteroatoms. The van der Waals surface area contributed by atoms with E-state index in [0.29, 0.717) is 13.1 Å². The molecular formula is C16H21N3O5. The Morgan fingerprint density at radius 1 is 1.17 bits per heavy atom. The van der Waals surface area contributed by atoms with Gasteiger partial charge in [-0.3, -0.25) is 19.7 Å². The summed E-state index contributed by atoms with van der Waals surface area (Å²) < 4.78 is 5.00. The van der Waals surface area contributed by atoms with Gasteiger partial charge in [-0.05, 0) is 25.0 Å². The van der Waals surface area contributed by atoms with Gasteiger partial charge >= 0.3 is 5.97 Å². The predicted molar refractivity (Wildman–Crippen MR) is 87.5 cm³/mol. The molecule has 0 spiro atoms. The molecule has 2 N–H and O–H groups in total. The minimum atomic E-state index is -0.461. The first kappa shape index (κ1) is 17.7. The molecule has 130 valence electrons. The molecule has 0 aromatic heterocycles. The number of esters is 1. The van der Waals surface area contributed by atoms with Crippen molar-refractivity contribution in [2.45, 2.75) is 25.7 Å². The normalized spacial score (nSPS) is 14.2. The first-order valence-corrected chi connectivity index (χ1v) is 7.98. The van der Waals surface area contributed by atoms with Gasteiger partial charge in [0.2, 0.25) is 0 Å². The molecule has 0 unspecified atom stereocenters. The third-order valence-electron chi connectivity index (χ3n) is 3.89. The van der Waals surface area contributed by atoms with Crippen molar-refractivity contribution < 1.29 is 19.2 Å². The second kappa shape index (κ2) is 8.85. The van der Waals surface area contributed by atoms with Crippen molar-refractivity contribution in [1.29, 1.82) is 0 Å². The maximum atomic E-state index is 11.7. The highest BCUT2D eigenvalue weighted by Gasteiger charge is 2.24. The Labute approximate surface area is 139 Å². The molecule has 1 aromatic carbocycles. The first-order chi connectivity index (χ1) is 11.6. The van der Waals surface area contributed by atoms with Gasteiger partial charge in [0.1, 0.15) is 0 Å². The van der Waals surface area contributed by atoms with E-state index >= 15 is 0 Å². The third-order valence-corrected chi connectivity index (χ3v) is 3.89. The summed E-state index contributed by atoms with van der Waals surface area (Å²) in [6.07, 6.45) is 3.78. The van der Waals surface area contributed by atoms with Crippen molar-refractivity contribution in [2.75, 3.05) is 25.0 Å².